The van der Waals surface area contributed by atoms with Crippen LogP contribution in [0.2, 0.25) is 0 Å². The van der Waals surface area contributed by atoms with Crippen LogP contribution in [-0.4, -0.2) is 25.2 Å². The maximum Gasteiger partial charge on any atom is 0.320 e. The predicted molar refractivity (Wildman–Crippen MR) is 90.0 cm³/mol. The molecule has 0 saturated heterocycles. The molecule has 0 aliphatic rings. The summed E-state index contributed by atoms with van der Waals surface area (Å²) in [6, 6.07) is 9.82. The van der Waals surface area contributed by atoms with Crippen molar-refractivity contribution in [3.05, 3.63) is 35.9 Å². The summed E-state index contributed by atoms with van der Waals surface area (Å²) in [5.74, 6) is -1.70. The normalized spacial score (nSPS) is 11.7. The van der Waals surface area contributed by atoms with Gasteiger partial charge in [-0.25, -0.2) is 0 Å². The zero-order valence-electron chi connectivity index (χ0n) is 14.3. The second-order valence-corrected chi connectivity index (χ2v) is 5.62. The topological polar surface area (TPSA) is 52.6 Å². The third-order valence-corrected chi connectivity index (χ3v) is 3.64. The van der Waals surface area contributed by atoms with E-state index in [1.54, 1.807) is 0 Å². The van der Waals surface area contributed by atoms with Crippen LogP contribution in [0, 0.1) is 5.92 Å². The van der Waals surface area contributed by atoms with Gasteiger partial charge in [-0.1, -0.05) is 63.4 Å². The molecule has 0 heterocycles. The fourth-order valence-electron chi connectivity index (χ4n) is 2.17. The Morgan fingerprint density at radius 1 is 0.913 bits per heavy atom. The van der Waals surface area contributed by atoms with Gasteiger partial charge in [0.15, 0.2) is 5.92 Å². The minimum Gasteiger partial charge on any atom is -0.465 e. The van der Waals surface area contributed by atoms with Gasteiger partial charge in [0.05, 0.1) is 13.2 Å². The molecule has 4 heteroatoms. The van der Waals surface area contributed by atoms with Crippen molar-refractivity contribution in [1.82, 2.24) is 0 Å². The Bertz CT molecular complexity index is 456. The van der Waals surface area contributed by atoms with Crippen molar-refractivity contribution in [1.29, 1.82) is 0 Å². The van der Waals surface area contributed by atoms with E-state index in [0.29, 0.717) is 19.4 Å². The van der Waals surface area contributed by atoms with Crippen LogP contribution < -0.4 is 0 Å². The number of esters is 2. The number of ether oxygens (including phenoxy) is 2. The third-order valence-electron chi connectivity index (χ3n) is 3.64. The van der Waals surface area contributed by atoms with E-state index in [0.717, 1.165) is 31.2 Å². The summed E-state index contributed by atoms with van der Waals surface area (Å²) in [5, 5.41) is 0. The van der Waals surface area contributed by atoms with Gasteiger partial charge in [0.2, 0.25) is 0 Å². The van der Waals surface area contributed by atoms with Gasteiger partial charge in [0, 0.05) is 6.42 Å². The summed E-state index contributed by atoms with van der Waals surface area (Å²) in [4.78, 5) is 24.3. The van der Waals surface area contributed by atoms with E-state index in [1.165, 1.54) is 0 Å². The van der Waals surface area contributed by atoms with Crippen molar-refractivity contribution in [3.8, 4) is 0 Å². The summed E-state index contributed by atoms with van der Waals surface area (Å²) in [7, 11) is 0. The average Bonchev–Trinajstić information content (AvgIpc) is 2.56. The van der Waals surface area contributed by atoms with Crippen LogP contribution >= 0.6 is 0 Å². The summed E-state index contributed by atoms with van der Waals surface area (Å²) in [6.07, 6.45) is 4.64. The predicted octanol–water partition coefficient (Wildman–Crippen LogP) is 3.92. The molecule has 0 fully saturated rings. The lowest BCUT2D eigenvalue weighted by Gasteiger charge is -2.15. The Balaban J connectivity index is 2.45. The first-order valence-corrected chi connectivity index (χ1v) is 8.56. The Morgan fingerprint density at radius 3 is 2.13 bits per heavy atom. The molecule has 0 N–H and O–H groups in total. The molecule has 23 heavy (non-hydrogen) atoms. The first kappa shape index (κ1) is 19.2. The molecule has 1 atom stereocenters. The van der Waals surface area contributed by atoms with Crippen molar-refractivity contribution < 1.29 is 19.1 Å². The van der Waals surface area contributed by atoms with E-state index >= 15 is 0 Å². The average molecular weight is 320 g/mol. The van der Waals surface area contributed by atoms with Gasteiger partial charge in [0.1, 0.15) is 0 Å². The van der Waals surface area contributed by atoms with Crippen LogP contribution in [0.5, 0.6) is 0 Å². The molecule has 1 rings (SSSR count). The van der Waals surface area contributed by atoms with Gasteiger partial charge in [-0.05, 0) is 18.4 Å². The van der Waals surface area contributed by atoms with Crippen molar-refractivity contribution >= 4 is 11.9 Å². The molecule has 0 aromatic heterocycles. The fourth-order valence-corrected chi connectivity index (χ4v) is 2.17. The highest BCUT2D eigenvalue weighted by Gasteiger charge is 2.29. The van der Waals surface area contributed by atoms with Gasteiger partial charge in [-0.2, -0.15) is 0 Å². The standard InChI is InChI=1S/C19H28O4/c1-3-5-12-17(18(20)22-14-6-4-2)19(21)23-15-13-16-10-8-7-9-11-16/h7-11,17H,3-6,12-15H2,1-2H3. The highest BCUT2D eigenvalue weighted by Crippen LogP contribution is 2.14. The molecule has 1 aromatic carbocycles. The zero-order chi connectivity index (χ0) is 16.9. The zero-order valence-corrected chi connectivity index (χ0v) is 14.3. The molecular weight excluding hydrogens is 292 g/mol. The molecular formula is C19H28O4. The van der Waals surface area contributed by atoms with Gasteiger partial charge < -0.3 is 9.47 Å². The quantitative estimate of drug-likeness (QED) is 0.352. The SMILES string of the molecule is CCCCOC(=O)C(CCCC)C(=O)OCCc1ccccc1. The van der Waals surface area contributed by atoms with Crippen LogP contribution in [-0.2, 0) is 25.5 Å². The Hall–Kier alpha value is -1.84. The number of carbonyl (C=O) groups is 2. The Labute approximate surface area is 139 Å². The highest BCUT2D eigenvalue weighted by atomic mass is 16.6. The van der Waals surface area contributed by atoms with E-state index in [2.05, 4.69) is 0 Å². The molecule has 0 spiro atoms. The van der Waals surface area contributed by atoms with Crippen LogP contribution in [0.3, 0.4) is 0 Å². The van der Waals surface area contributed by atoms with Crippen molar-refractivity contribution in [2.45, 2.75) is 52.4 Å². The molecule has 0 amide bonds. The van der Waals surface area contributed by atoms with Crippen LogP contribution in [0.25, 0.3) is 0 Å². The first-order chi connectivity index (χ1) is 11.2. The summed E-state index contributed by atoms with van der Waals surface area (Å²) in [5.41, 5.74) is 1.11. The van der Waals surface area contributed by atoms with Gasteiger partial charge in [-0.3, -0.25) is 9.59 Å². The van der Waals surface area contributed by atoms with E-state index < -0.39 is 17.9 Å². The number of hydrogen-bond acceptors (Lipinski definition) is 4. The minimum absolute atomic E-state index is 0.285. The van der Waals surface area contributed by atoms with E-state index in [9.17, 15) is 9.59 Å². The number of unbranched alkanes of at least 4 members (excludes halogenated alkanes) is 2. The molecule has 0 aliphatic heterocycles. The van der Waals surface area contributed by atoms with E-state index in [1.807, 2.05) is 44.2 Å². The second kappa shape index (κ2) is 11.7. The second-order valence-electron chi connectivity index (χ2n) is 5.62. The maximum atomic E-state index is 12.2. The van der Waals surface area contributed by atoms with E-state index in [-0.39, 0.29) is 6.61 Å². The van der Waals surface area contributed by atoms with Crippen molar-refractivity contribution in [2.24, 2.45) is 5.92 Å². The van der Waals surface area contributed by atoms with Crippen LogP contribution in [0.4, 0.5) is 0 Å². The highest BCUT2D eigenvalue weighted by molar-refractivity contribution is 5.94. The Kier molecular flexibility index (Phi) is 9.76. The summed E-state index contributed by atoms with van der Waals surface area (Å²) < 4.78 is 10.5. The molecule has 128 valence electrons. The lowest BCUT2D eigenvalue weighted by atomic mass is 10.0. The fraction of sp³-hybridized carbons (Fsp3) is 0.579. The molecule has 0 radical (unpaired) electrons. The third kappa shape index (κ3) is 7.82. The summed E-state index contributed by atoms with van der Waals surface area (Å²) in [6.45, 7) is 4.71. The minimum atomic E-state index is -0.789. The van der Waals surface area contributed by atoms with E-state index in [4.69, 9.17) is 9.47 Å². The molecule has 4 nitrogen and oxygen atoms in total. The van der Waals surface area contributed by atoms with Gasteiger partial charge in [0.25, 0.3) is 0 Å². The molecule has 0 saturated carbocycles. The lowest BCUT2D eigenvalue weighted by Crippen LogP contribution is -2.29. The Morgan fingerprint density at radius 2 is 1.52 bits per heavy atom. The maximum absolute atomic E-state index is 12.2. The molecule has 1 unspecified atom stereocenters. The number of rotatable bonds is 11. The largest absolute Gasteiger partial charge is 0.465 e. The van der Waals surface area contributed by atoms with Crippen molar-refractivity contribution in [3.63, 3.8) is 0 Å². The molecule has 0 aliphatic carbocycles. The molecule has 1 aromatic rings. The number of benzene rings is 1. The number of hydrogen-bond donors (Lipinski definition) is 0. The van der Waals surface area contributed by atoms with Crippen LogP contribution in [0.15, 0.2) is 30.3 Å². The monoisotopic (exact) mass is 320 g/mol. The first-order valence-electron chi connectivity index (χ1n) is 8.56. The van der Waals surface area contributed by atoms with Gasteiger partial charge >= 0.3 is 11.9 Å². The van der Waals surface area contributed by atoms with Gasteiger partial charge in [-0.15, -0.1) is 0 Å². The molecule has 0 bridgehead atoms. The van der Waals surface area contributed by atoms with Crippen molar-refractivity contribution in [2.75, 3.05) is 13.2 Å². The lowest BCUT2D eigenvalue weighted by molar-refractivity contribution is -0.162. The van der Waals surface area contributed by atoms with Crippen LogP contribution in [0.1, 0.15) is 51.5 Å². The summed E-state index contributed by atoms with van der Waals surface area (Å²) >= 11 is 0. The smallest absolute Gasteiger partial charge is 0.320 e. The number of carbonyl (C=O) groups excluding carboxylic acids is 2.